The molecular weight excluding hydrogens is 608 g/mol. The van der Waals surface area contributed by atoms with E-state index in [1.54, 1.807) is 4.90 Å². The average Bonchev–Trinajstić information content (AvgIpc) is 3.44. The molecule has 5 amide bonds. The minimum absolute atomic E-state index is 0.0765. The zero-order valence-corrected chi connectivity index (χ0v) is 28.1. The standard InChI is InChI=1S/C37H50N6O5/c1-25(2)17-29(34(47)39-21-32(45)43-15-13-36(14-16-43)22-37(23-36)20-31(44)40-24-37)42-35(48)30(19-27-11-7-4-8-12-27)41-33(46)28(38)18-26-9-5-3-6-10-26/h3-12,25,28-30H,13-24,38H2,1-2H3,(H,39,47)(H,40,44)(H,41,46)(H,42,48)/t28?,29?,30-/m1/s1. The summed E-state index contributed by atoms with van der Waals surface area (Å²) < 4.78 is 0. The van der Waals surface area contributed by atoms with Crippen LogP contribution in [0, 0.1) is 16.7 Å². The summed E-state index contributed by atoms with van der Waals surface area (Å²) in [5.74, 6) is -1.33. The Balaban J connectivity index is 1.15. The van der Waals surface area contributed by atoms with Gasteiger partial charge in [-0.1, -0.05) is 74.5 Å². The molecular formula is C37H50N6O5. The largest absolute Gasteiger partial charge is 0.356 e. The third kappa shape index (κ3) is 9.00. The van der Waals surface area contributed by atoms with Gasteiger partial charge in [0.1, 0.15) is 12.1 Å². The van der Waals surface area contributed by atoms with Crippen molar-refractivity contribution in [3.8, 4) is 0 Å². The molecule has 2 aliphatic heterocycles. The molecule has 3 aliphatic rings. The third-order valence-electron chi connectivity index (χ3n) is 10.2. The lowest BCUT2D eigenvalue weighted by molar-refractivity contribution is -0.139. The molecule has 48 heavy (non-hydrogen) atoms. The molecule has 3 fully saturated rings. The molecule has 2 unspecified atom stereocenters. The molecule has 1 aliphatic carbocycles. The maximum Gasteiger partial charge on any atom is 0.243 e. The summed E-state index contributed by atoms with van der Waals surface area (Å²) in [6.45, 7) is 5.77. The van der Waals surface area contributed by atoms with Gasteiger partial charge in [-0.3, -0.25) is 24.0 Å². The number of hydrogen-bond acceptors (Lipinski definition) is 6. The van der Waals surface area contributed by atoms with Crippen molar-refractivity contribution >= 4 is 29.5 Å². The minimum atomic E-state index is -0.963. The first kappa shape index (κ1) is 35.1. The number of benzene rings is 2. The molecule has 2 saturated heterocycles. The van der Waals surface area contributed by atoms with Crippen LogP contribution in [0.25, 0.3) is 0 Å². The first-order valence-electron chi connectivity index (χ1n) is 17.2. The Morgan fingerprint density at radius 2 is 1.40 bits per heavy atom. The molecule has 0 bridgehead atoms. The molecule has 5 rings (SSSR count). The highest BCUT2D eigenvalue weighted by atomic mass is 16.2. The predicted molar refractivity (Wildman–Crippen MR) is 182 cm³/mol. The molecule has 2 spiro atoms. The normalized spacial score (nSPS) is 19.6. The first-order chi connectivity index (χ1) is 22.9. The Morgan fingerprint density at radius 1 is 0.812 bits per heavy atom. The SMILES string of the molecule is CC(C)CC(NC(=O)[C@@H](Cc1ccccc1)NC(=O)C(N)Cc1ccccc1)C(=O)NCC(=O)N1CCC2(CC1)CC1(CNC(=O)C1)C2. The number of nitrogens with two attached hydrogens (primary N) is 1. The van der Waals surface area contributed by atoms with Gasteiger partial charge < -0.3 is 31.9 Å². The highest BCUT2D eigenvalue weighted by molar-refractivity contribution is 5.94. The van der Waals surface area contributed by atoms with E-state index in [9.17, 15) is 24.0 Å². The third-order valence-corrected chi connectivity index (χ3v) is 10.2. The molecule has 3 atom stereocenters. The molecule has 2 heterocycles. The van der Waals surface area contributed by atoms with Crippen molar-refractivity contribution in [2.75, 3.05) is 26.2 Å². The van der Waals surface area contributed by atoms with Gasteiger partial charge in [-0.25, -0.2) is 0 Å². The van der Waals surface area contributed by atoms with Crippen molar-refractivity contribution < 1.29 is 24.0 Å². The Labute approximate surface area is 283 Å². The van der Waals surface area contributed by atoms with E-state index in [0.717, 1.165) is 43.4 Å². The molecule has 11 heteroatoms. The van der Waals surface area contributed by atoms with Crippen LogP contribution in [0.2, 0.25) is 0 Å². The van der Waals surface area contributed by atoms with Crippen LogP contribution in [0.3, 0.4) is 0 Å². The van der Waals surface area contributed by atoms with E-state index in [-0.39, 0.29) is 41.5 Å². The van der Waals surface area contributed by atoms with Crippen LogP contribution in [0.4, 0.5) is 0 Å². The number of rotatable bonds is 13. The second kappa shape index (κ2) is 15.3. The van der Waals surface area contributed by atoms with Gasteiger partial charge in [0.15, 0.2) is 0 Å². The number of likely N-dealkylation sites (tertiary alicyclic amines) is 1. The van der Waals surface area contributed by atoms with Crippen LogP contribution in [0.15, 0.2) is 60.7 Å². The van der Waals surface area contributed by atoms with Crippen LogP contribution in [0.1, 0.15) is 63.5 Å². The molecule has 11 nitrogen and oxygen atoms in total. The maximum absolute atomic E-state index is 13.7. The Bertz CT molecular complexity index is 1450. The predicted octanol–water partition coefficient (Wildman–Crippen LogP) is 1.84. The van der Waals surface area contributed by atoms with Gasteiger partial charge in [-0.05, 0) is 66.4 Å². The molecule has 2 aromatic rings. The highest BCUT2D eigenvalue weighted by Crippen LogP contribution is 2.61. The molecule has 1 saturated carbocycles. The first-order valence-corrected chi connectivity index (χ1v) is 17.2. The number of piperidine rings is 1. The van der Waals surface area contributed by atoms with Crippen molar-refractivity contribution in [1.82, 2.24) is 26.2 Å². The Morgan fingerprint density at radius 3 is 1.96 bits per heavy atom. The molecule has 2 aromatic carbocycles. The van der Waals surface area contributed by atoms with Crippen LogP contribution in [-0.2, 0) is 36.8 Å². The van der Waals surface area contributed by atoms with Gasteiger partial charge in [0.2, 0.25) is 29.5 Å². The van der Waals surface area contributed by atoms with Crippen molar-refractivity contribution in [2.24, 2.45) is 22.5 Å². The second-order valence-electron chi connectivity index (χ2n) is 14.6. The van der Waals surface area contributed by atoms with Crippen LogP contribution in [0.5, 0.6) is 0 Å². The average molecular weight is 659 g/mol. The zero-order chi connectivity index (χ0) is 34.3. The van der Waals surface area contributed by atoms with Gasteiger partial charge in [0, 0.05) is 32.5 Å². The minimum Gasteiger partial charge on any atom is -0.356 e. The lowest BCUT2D eigenvalue weighted by atomic mass is 9.49. The van der Waals surface area contributed by atoms with Crippen LogP contribution >= 0.6 is 0 Å². The highest BCUT2D eigenvalue weighted by Gasteiger charge is 2.57. The molecule has 6 N–H and O–H groups in total. The number of nitrogens with zero attached hydrogens (tertiary/aromatic N) is 1. The van der Waals surface area contributed by atoms with Gasteiger partial charge in [-0.2, -0.15) is 0 Å². The van der Waals surface area contributed by atoms with E-state index in [4.69, 9.17) is 5.73 Å². The van der Waals surface area contributed by atoms with E-state index in [0.29, 0.717) is 32.4 Å². The smallest absolute Gasteiger partial charge is 0.243 e. The van der Waals surface area contributed by atoms with E-state index in [1.165, 1.54) is 0 Å². The number of amides is 5. The van der Waals surface area contributed by atoms with Crippen LogP contribution in [-0.4, -0.2) is 78.7 Å². The summed E-state index contributed by atoms with van der Waals surface area (Å²) in [4.78, 5) is 66.9. The lowest BCUT2D eigenvalue weighted by Gasteiger charge is -2.57. The van der Waals surface area contributed by atoms with Crippen molar-refractivity contribution in [3.63, 3.8) is 0 Å². The Kier molecular flexibility index (Phi) is 11.2. The Hall–Kier alpha value is -4.25. The molecule has 0 aromatic heterocycles. The summed E-state index contributed by atoms with van der Waals surface area (Å²) in [5, 5.41) is 11.4. The van der Waals surface area contributed by atoms with E-state index >= 15 is 0 Å². The monoisotopic (exact) mass is 658 g/mol. The van der Waals surface area contributed by atoms with E-state index < -0.39 is 35.8 Å². The zero-order valence-electron chi connectivity index (χ0n) is 28.1. The topological polar surface area (TPSA) is 163 Å². The lowest BCUT2D eigenvalue weighted by Crippen LogP contribution is -2.57. The number of nitrogens with one attached hydrogen (secondary N) is 4. The number of hydrogen-bond donors (Lipinski definition) is 5. The van der Waals surface area contributed by atoms with Gasteiger partial charge in [0.05, 0.1) is 12.6 Å². The fourth-order valence-electron chi connectivity index (χ4n) is 7.80. The number of carbonyl (C=O) groups is 5. The van der Waals surface area contributed by atoms with E-state index in [1.807, 2.05) is 74.5 Å². The van der Waals surface area contributed by atoms with Crippen molar-refractivity contribution in [1.29, 1.82) is 0 Å². The molecule has 0 radical (unpaired) electrons. The summed E-state index contributed by atoms with van der Waals surface area (Å²) in [7, 11) is 0. The second-order valence-corrected chi connectivity index (χ2v) is 14.6. The maximum atomic E-state index is 13.7. The fourth-order valence-corrected chi connectivity index (χ4v) is 7.80. The van der Waals surface area contributed by atoms with Gasteiger partial charge in [0.25, 0.3) is 0 Å². The summed E-state index contributed by atoms with van der Waals surface area (Å²) in [6, 6.07) is 16.1. The fraction of sp³-hybridized carbons (Fsp3) is 0.541. The van der Waals surface area contributed by atoms with Gasteiger partial charge >= 0.3 is 0 Å². The van der Waals surface area contributed by atoms with Gasteiger partial charge in [-0.15, -0.1) is 0 Å². The quantitative estimate of drug-likeness (QED) is 0.221. The summed E-state index contributed by atoms with van der Waals surface area (Å²) >= 11 is 0. The van der Waals surface area contributed by atoms with E-state index in [2.05, 4.69) is 21.3 Å². The van der Waals surface area contributed by atoms with Crippen LogP contribution < -0.4 is 27.0 Å². The number of carbonyl (C=O) groups excluding carboxylic acids is 5. The van der Waals surface area contributed by atoms with Crippen molar-refractivity contribution in [3.05, 3.63) is 71.8 Å². The summed E-state index contributed by atoms with van der Waals surface area (Å²) in [5.41, 5.74) is 8.30. The van der Waals surface area contributed by atoms with Crippen molar-refractivity contribution in [2.45, 2.75) is 83.3 Å². The molecule has 258 valence electrons. The summed E-state index contributed by atoms with van der Waals surface area (Å²) in [6.07, 6.45) is 5.36.